The van der Waals surface area contributed by atoms with Crippen LogP contribution in [0.3, 0.4) is 0 Å². The summed E-state index contributed by atoms with van der Waals surface area (Å²) in [5.41, 5.74) is 0.408. The van der Waals surface area contributed by atoms with Gasteiger partial charge in [0.1, 0.15) is 0 Å². The van der Waals surface area contributed by atoms with E-state index in [9.17, 15) is 13.2 Å². The second-order valence-electron chi connectivity index (χ2n) is 7.51. The van der Waals surface area contributed by atoms with Crippen LogP contribution in [0.25, 0.3) is 0 Å². The molecule has 0 aliphatic carbocycles. The lowest BCUT2D eigenvalue weighted by atomic mass is 10.1. The monoisotopic (exact) mass is 427 g/mol. The normalized spacial score (nSPS) is 17.9. The van der Waals surface area contributed by atoms with Gasteiger partial charge in [0.15, 0.2) is 21.3 Å². The average Bonchev–Trinajstić information content (AvgIpc) is 3.01. The van der Waals surface area contributed by atoms with E-state index in [0.717, 1.165) is 0 Å². The highest BCUT2D eigenvalue weighted by atomic mass is 32.2. The van der Waals surface area contributed by atoms with Crippen LogP contribution in [0.15, 0.2) is 12.1 Å². The average molecular weight is 428 g/mol. The summed E-state index contributed by atoms with van der Waals surface area (Å²) in [7, 11) is -3.10. The summed E-state index contributed by atoms with van der Waals surface area (Å²) in [6.45, 7) is 11.4. The molecule has 1 aliphatic rings. The van der Waals surface area contributed by atoms with Gasteiger partial charge in [-0.05, 0) is 45.2 Å². The molecule has 1 amide bonds. The summed E-state index contributed by atoms with van der Waals surface area (Å²) in [5, 5.41) is 0. The Kier molecular flexibility index (Phi) is 8.19. The molecule has 1 fully saturated rings. The van der Waals surface area contributed by atoms with Crippen molar-refractivity contribution in [1.29, 1.82) is 0 Å². The highest BCUT2D eigenvalue weighted by Gasteiger charge is 2.35. The fraction of sp³-hybridized carbons (Fsp3) is 0.667. The Morgan fingerprint density at radius 3 is 2.03 bits per heavy atom. The van der Waals surface area contributed by atoms with Crippen LogP contribution in [0.2, 0.25) is 0 Å². The summed E-state index contributed by atoms with van der Waals surface area (Å²) in [5.74, 6) is 1.51. The molecule has 2 rings (SSSR count). The lowest BCUT2D eigenvalue weighted by Crippen LogP contribution is -2.43. The Morgan fingerprint density at radius 1 is 1.07 bits per heavy atom. The van der Waals surface area contributed by atoms with Crippen LogP contribution in [-0.2, 0) is 9.84 Å². The molecule has 0 saturated carbocycles. The van der Waals surface area contributed by atoms with E-state index in [2.05, 4.69) is 0 Å². The van der Waals surface area contributed by atoms with Crippen LogP contribution in [0.1, 0.15) is 51.4 Å². The molecule has 1 atom stereocenters. The molecule has 1 heterocycles. The van der Waals surface area contributed by atoms with Crippen molar-refractivity contribution in [2.45, 2.75) is 47.1 Å². The molecule has 0 radical (unpaired) electrons. The van der Waals surface area contributed by atoms with Gasteiger partial charge in [-0.3, -0.25) is 4.79 Å². The highest BCUT2D eigenvalue weighted by Crippen LogP contribution is 2.39. The molecule has 1 aliphatic heterocycles. The summed E-state index contributed by atoms with van der Waals surface area (Å²) in [6.07, 6.45) is 0.467. The Balaban J connectivity index is 2.46. The largest absolute Gasteiger partial charge is 0.490 e. The Hall–Kier alpha value is -1.96. The molecule has 1 unspecified atom stereocenters. The number of carbonyl (C=O) groups excluding carboxylic acids is 1. The first kappa shape index (κ1) is 23.3. The first-order valence-electron chi connectivity index (χ1n) is 10.3. The zero-order chi connectivity index (χ0) is 21.6. The zero-order valence-electron chi connectivity index (χ0n) is 18.1. The molecule has 1 saturated heterocycles. The van der Waals surface area contributed by atoms with Crippen molar-refractivity contribution >= 4 is 15.7 Å². The van der Waals surface area contributed by atoms with E-state index in [1.165, 1.54) is 0 Å². The molecule has 1 aromatic rings. The number of sulfone groups is 1. The number of nitrogens with zero attached hydrogens (tertiary/aromatic N) is 1. The van der Waals surface area contributed by atoms with Crippen molar-refractivity contribution < 1.29 is 27.4 Å². The minimum absolute atomic E-state index is 0.0130. The fourth-order valence-electron chi connectivity index (χ4n) is 3.49. The van der Waals surface area contributed by atoms with Crippen LogP contribution in [-0.4, -0.2) is 63.1 Å². The Labute approximate surface area is 174 Å². The van der Waals surface area contributed by atoms with Crippen LogP contribution in [0.5, 0.6) is 17.2 Å². The van der Waals surface area contributed by atoms with Gasteiger partial charge in [0.25, 0.3) is 5.91 Å². The lowest BCUT2D eigenvalue weighted by molar-refractivity contribution is 0.0671. The predicted octanol–water partition coefficient (Wildman–Crippen LogP) is 3.17. The van der Waals surface area contributed by atoms with Gasteiger partial charge in [-0.2, -0.15) is 0 Å². The molecular weight excluding hydrogens is 394 g/mol. The number of rotatable bonds is 10. The molecule has 0 bridgehead atoms. The molecule has 164 valence electrons. The standard InChI is InChI=1S/C21H33NO6S/c1-6-26-18-11-16(12-19(27-7-2)20(18)28-8-3)21(23)22(13-15(4)5)17-9-10-29(24,25)14-17/h11-12,15,17H,6-10,13-14H2,1-5H3. The van der Waals surface area contributed by atoms with Crippen molar-refractivity contribution in [3.05, 3.63) is 17.7 Å². The third-order valence-electron chi connectivity index (χ3n) is 4.63. The van der Waals surface area contributed by atoms with E-state index in [1.54, 1.807) is 17.0 Å². The number of amides is 1. The predicted molar refractivity (Wildman–Crippen MR) is 113 cm³/mol. The molecular formula is C21H33NO6S. The van der Waals surface area contributed by atoms with Gasteiger partial charge in [-0.25, -0.2) is 8.42 Å². The van der Waals surface area contributed by atoms with Crippen LogP contribution < -0.4 is 14.2 Å². The van der Waals surface area contributed by atoms with Crippen molar-refractivity contribution in [2.24, 2.45) is 5.92 Å². The van der Waals surface area contributed by atoms with Crippen molar-refractivity contribution in [1.82, 2.24) is 4.90 Å². The quantitative estimate of drug-likeness (QED) is 0.570. The first-order chi connectivity index (χ1) is 13.7. The van der Waals surface area contributed by atoms with E-state index in [1.807, 2.05) is 34.6 Å². The van der Waals surface area contributed by atoms with Gasteiger partial charge in [0, 0.05) is 18.2 Å². The molecule has 29 heavy (non-hydrogen) atoms. The Morgan fingerprint density at radius 2 is 1.62 bits per heavy atom. The van der Waals surface area contributed by atoms with Crippen molar-refractivity contribution in [3.63, 3.8) is 0 Å². The zero-order valence-corrected chi connectivity index (χ0v) is 18.9. The second-order valence-corrected chi connectivity index (χ2v) is 9.74. The van der Waals surface area contributed by atoms with Crippen LogP contribution in [0.4, 0.5) is 0 Å². The second kappa shape index (κ2) is 10.2. The van der Waals surface area contributed by atoms with E-state index in [-0.39, 0.29) is 29.4 Å². The summed E-state index contributed by atoms with van der Waals surface area (Å²) in [4.78, 5) is 15.1. The lowest BCUT2D eigenvalue weighted by Gasteiger charge is -2.30. The number of hydrogen-bond donors (Lipinski definition) is 0. The van der Waals surface area contributed by atoms with Gasteiger partial charge in [0.05, 0.1) is 31.3 Å². The van der Waals surface area contributed by atoms with Gasteiger partial charge in [0.2, 0.25) is 5.75 Å². The topological polar surface area (TPSA) is 82.1 Å². The Bertz CT molecular complexity index is 778. The molecule has 7 nitrogen and oxygen atoms in total. The third-order valence-corrected chi connectivity index (χ3v) is 6.38. The maximum atomic E-state index is 13.4. The first-order valence-corrected chi connectivity index (χ1v) is 12.1. The number of ether oxygens (including phenoxy) is 3. The number of carbonyl (C=O) groups is 1. The van der Waals surface area contributed by atoms with Crippen LogP contribution >= 0.6 is 0 Å². The van der Waals surface area contributed by atoms with E-state index < -0.39 is 9.84 Å². The van der Waals surface area contributed by atoms with E-state index in [0.29, 0.717) is 55.6 Å². The van der Waals surface area contributed by atoms with Crippen LogP contribution in [0, 0.1) is 5.92 Å². The maximum absolute atomic E-state index is 13.4. The van der Waals surface area contributed by atoms with Gasteiger partial charge in [-0.1, -0.05) is 13.8 Å². The van der Waals surface area contributed by atoms with Gasteiger partial charge in [-0.15, -0.1) is 0 Å². The minimum atomic E-state index is -3.10. The summed E-state index contributed by atoms with van der Waals surface area (Å²) in [6, 6.07) is 3.01. The third kappa shape index (κ3) is 6.01. The smallest absolute Gasteiger partial charge is 0.254 e. The molecule has 0 N–H and O–H groups in total. The van der Waals surface area contributed by atoms with Gasteiger partial charge < -0.3 is 19.1 Å². The molecule has 0 spiro atoms. The minimum Gasteiger partial charge on any atom is -0.490 e. The molecule has 0 aromatic heterocycles. The van der Waals surface area contributed by atoms with Crippen molar-refractivity contribution in [3.8, 4) is 17.2 Å². The molecule has 8 heteroatoms. The molecule has 1 aromatic carbocycles. The maximum Gasteiger partial charge on any atom is 0.254 e. The summed E-state index contributed by atoms with van der Waals surface area (Å²) < 4.78 is 41.1. The van der Waals surface area contributed by atoms with Crippen molar-refractivity contribution in [2.75, 3.05) is 37.9 Å². The van der Waals surface area contributed by atoms with E-state index >= 15 is 0 Å². The summed E-state index contributed by atoms with van der Waals surface area (Å²) >= 11 is 0. The fourth-order valence-corrected chi connectivity index (χ4v) is 5.22. The number of benzene rings is 1. The van der Waals surface area contributed by atoms with E-state index in [4.69, 9.17) is 14.2 Å². The van der Waals surface area contributed by atoms with Gasteiger partial charge >= 0.3 is 0 Å². The number of hydrogen-bond acceptors (Lipinski definition) is 6. The highest BCUT2D eigenvalue weighted by molar-refractivity contribution is 7.91. The SMILES string of the molecule is CCOc1cc(C(=O)N(CC(C)C)C2CCS(=O)(=O)C2)cc(OCC)c1OCC.